The summed E-state index contributed by atoms with van der Waals surface area (Å²) in [6.07, 6.45) is 8.25. The van der Waals surface area contributed by atoms with Crippen LogP contribution < -0.4 is 10.6 Å². The van der Waals surface area contributed by atoms with Crippen molar-refractivity contribution in [2.45, 2.75) is 63.8 Å². The minimum atomic E-state index is -0.217. The molecule has 0 aromatic carbocycles. The third-order valence-corrected chi connectivity index (χ3v) is 5.96. The number of halogens is 1. The summed E-state index contributed by atoms with van der Waals surface area (Å²) in [7, 11) is 1.88. The molecule has 2 fully saturated rings. The highest BCUT2D eigenvalue weighted by atomic mass is 35.5. The summed E-state index contributed by atoms with van der Waals surface area (Å²) in [5, 5.41) is 19.4. The van der Waals surface area contributed by atoms with Crippen LogP contribution in [-0.2, 0) is 7.05 Å². The van der Waals surface area contributed by atoms with Crippen molar-refractivity contribution in [2.75, 3.05) is 18.4 Å². The number of carbonyl (C=O) groups is 1. The van der Waals surface area contributed by atoms with E-state index in [2.05, 4.69) is 26.0 Å². The molecule has 1 aliphatic carbocycles. The smallest absolute Gasteiger partial charge is 0.279 e. The molecule has 8 nitrogen and oxygen atoms in total. The average molecular weight is 408 g/mol. The second-order valence-corrected chi connectivity index (χ2v) is 7.82. The predicted molar refractivity (Wildman–Crippen MR) is 110 cm³/mol. The molecule has 9 heteroatoms. The van der Waals surface area contributed by atoms with Crippen LogP contribution in [0.15, 0.2) is 6.07 Å². The summed E-state index contributed by atoms with van der Waals surface area (Å²) < 4.78 is 3.67. The minimum absolute atomic E-state index is 0. The maximum absolute atomic E-state index is 12.8. The first-order valence-corrected chi connectivity index (χ1v) is 10.1. The van der Waals surface area contributed by atoms with Crippen LogP contribution in [0, 0.1) is 6.92 Å². The summed E-state index contributed by atoms with van der Waals surface area (Å²) in [6.45, 7) is 3.88. The first-order chi connectivity index (χ1) is 13.1. The molecule has 2 aromatic rings. The third kappa shape index (κ3) is 4.22. The summed E-state index contributed by atoms with van der Waals surface area (Å²) in [6, 6.07) is 2.33. The molecule has 2 aliphatic rings. The van der Waals surface area contributed by atoms with Gasteiger partial charge in [0.15, 0.2) is 5.69 Å². The molecule has 28 heavy (non-hydrogen) atoms. The quantitative estimate of drug-likeness (QED) is 0.813. The van der Waals surface area contributed by atoms with E-state index in [9.17, 15) is 4.79 Å². The molecular formula is C19H30ClN7O. The highest BCUT2D eigenvalue weighted by molar-refractivity contribution is 6.03. The Labute approximate surface area is 171 Å². The predicted octanol–water partition coefficient (Wildman–Crippen LogP) is 2.97. The van der Waals surface area contributed by atoms with E-state index in [1.165, 1.54) is 32.1 Å². The normalized spacial score (nSPS) is 18.6. The number of anilines is 1. The van der Waals surface area contributed by atoms with Crippen LogP contribution in [0.25, 0.3) is 0 Å². The average Bonchev–Trinajstić information content (AvgIpc) is 3.26. The lowest BCUT2D eigenvalue weighted by molar-refractivity contribution is 0.102. The van der Waals surface area contributed by atoms with Crippen molar-refractivity contribution in [1.82, 2.24) is 30.1 Å². The number of rotatable bonds is 4. The minimum Gasteiger partial charge on any atom is -0.317 e. The number of hydrogen-bond donors (Lipinski definition) is 2. The maximum atomic E-state index is 12.8. The number of piperidine rings is 1. The van der Waals surface area contributed by atoms with Gasteiger partial charge in [0, 0.05) is 19.0 Å². The molecule has 4 rings (SSSR count). The van der Waals surface area contributed by atoms with Crippen molar-refractivity contribution < 1.29 is 4.79 Å². The van der Waals surface area contributed by atoms with E-state index >= 15 is 0 Å². The molecule has 1 saturated heterocycles. The zero-order valence-corrected chi connectivity index (χ0v) is 17.5. The zero-order valence-electron chi connectivity index (χ0n) is 16.6. The van der Waals surface area contributed by atoms with Crippen LogP contribution in [-0.4, -0.2) is 43.8 Å². The Balaban J connectivity index is 0.00000225. The molecule has 154 valence electrons. The fraction of sp³-hybridized carbons (Fsp3) is 0.684. The molecule has 0 unspecified atom stereocenters. The Hall–Kier alpha value is -1.93. The molecule has 1 saturated carbocycles. The molecule has 0 radical (unpaired) electrons. The van der Waals surface area contributed by atoms with E-state index < -0.39 is 0 Å². The van der Waals surface area contributed by atoms with Crippen molar-refractivity contribution in [1.29, 1.82) is 0 Å². The van der Waals surface area contributed by atoms with Crippen LogP contribution in [0.3, 0.4) is 0 Å². The van der Waals surface area contributed by atoms with Crippen LogP contribution >= 0.6 is 12.4 Å². The standard InChI is InChI=1S/C19H29N7O.ClH/c1-13-18(22-24-26(13)15-8-10-20-11-9-15)19(27)21-17-12-16(23-25(17)2)14-6-4-3-5-7-14;/h12,14-15,20H,3-11H2,1-2H3,(H,21,27);1H. The molecular weight excluding hydrogens is 378 g/mol. The third-order valence-electron chi connectivity index (χ3n) is 5.96. The second kappa shape index (κ2) is 9.05. The van der Waals surface area contributed by atoms with Gasteiger partial charge in [0.2, 0.25) is 0 Å². The topological polar surface area (TPSA) is 89.7 Å². The lowest BCUT2D eigenvalue weighted by Gasteiger charge is -2.23. The highest BCUT2D eigenvalue weighted by Gasteiger charge is 2.24. The largest absolute Gasteiger partial charge is 0.317 e. The van der Waals surface area contributed by atoms with Crippen LogP contribution in [0.2, 0.25) is 0 Å². The van der Waals surface area contributed by atoms with Gasteiger partial charge < -0.3 is 10.6 Å². The Morgan fingerprint density at radius 3 is 2.61 bits per heavy atom. The van der Waals surface area contributed by atoms with Crippen LogP contribution in [0.4, 0.5) is 5.82 Å². The van der Waals surface area contributed by atoms with E-state index in [0.717, 1.165) is 43.1 Å². The summed E-state index contributed by atoms with van der Waals surface area (Å²) in [5.74, 6) is 1.01. The van der Waals surface area contributed by atoms with Crippen LogP contribution in [0.5, 0.6) is 0 Å². The summed E-state index contributed by atoms with van der Waals surface area (Å²) in [5.41, 5.74) is 2.31. The van der Waals surface area contributed by atoms with Gasteiger partial charge >= 0.3 is 0 Å². The second-order valence-electron chi connectivity index (χ2n) is 7.82. The Morgan fingerprint density at radius 2 is 1.89 bits per heavy atom. The SMILES string of the molecule is Cc1c(C(=O)Nc2cc(C3CCCCC3)nn2C)nnn1C1CCNCC1.Cl. The molecule has 0 spiro atoms. The molecule has 1 amide bonds. The number of hydrogen-bond acceptors (Lipinski definition) is 5. The number of aryl methyl sites for hydroxylation is 1. The molecule has 0 bridgehead atoms. The number of nitrogens with one attached hydrogen (secondary N) is 2. The van der Waals surface area contributed by atoms with Gasteiger partial charge in [0.25, 0.3) is 5.91 Å². The van der Waals surface area contributed by atoms with Gasteiger partial charge in [-0.1, -0.05) is 24.5 Å². The van der Waals surface area contributed by atoms with E-state index in [1.807, 2.05) is 24.7 Å². The van der Waals surface area contributed by atoms with Crippen molar-refractivity contribution in [3.05, 3.63) is 23.1 Å². The van der Waals surface area contributed by atoms with Crippen molar-refractivity contribution >= 4 is 24.1 Å². The molecule has 3 heterocycles. The lowest BCUT2D eigenvalue weighted by Crippen LogP contribution is -2.30. The Morgan fingerprint density at radius 1 is 1.18 bits per heavy atom. The fourth-order valence-electron chi connectivity index (χ4n) is 4.33. The first kappa shape index (κ1) is 20.8. The van der Waals surface area contributed by atoms with Gasteiger partial charge in [0.05, 0.1) is 17.4 Å². The van der Waals surface area contributed by atoms with Crippen molar-refractivity contribution in [2.24, 2.45) is 7.05 Å². The van der Waals surface area contributed by atoms with Crippen molar-refractivity contribution in [3.63, 3.8) is 0 Å². The molecule has 0 atom stereocenters. The number of nitrogens with zero attached hydrogens (tertiary/aromatic N) is 5. The van der Waals surface area contributed by atoms with E-state index in [0.29, 0.717) is 17.7 Å². The van der Waals surface area contributed by atoms with Crippen LogP contribution in [0.1, 0.15) is 78.8 Å². The highest BCUT2D eigenvalue weighted by Crippen LogP contribution is 2.33. The molecule has 1 aliphatic heterocycles. The number of amides is 1. The van der Waals surface area contributed by atoms with E-state index in [-0.39, 0.29) is 18.3 Å². The van der Waals surface area contributed by atoms with Gasteiger partial charge in [-0.05, 0) is 45.7 Å². The zero-order chi connectivity index (χ0) is 18.8. The maximum Gasteiger partial charge on any atom is 0.279 e. The lowest BCUT2D eigenvalue weighted by atomic mass is 9.87. The first-order valence-electron chi connectivity index (χ1n) is 10.1. The van der Waals surface area contributed by atoms with E-state index in [4.69, 9.17) is 0 Å². The fourth-order valence-corrected chi connectivity index (χ4v) is 4.33. The Kier molecular flexibility index (Phi) is 6.72. The summed E-state index contributed by atoms with van der Waals surface area (Å²) in [4.78, 5) is 12.8. The molecule has 2 N–H and O–H groups in total. The number of carbonyl (C=O) groups excluding carboxylic acids is 1. The van der Waals surface area contributed by atoms with Gasteiger partial charge in [-0.25, -0.2) is 4.68 Å². The summed E-state index contributed by atoms with van der Waals surface area (Å²) >= 11 is 0. The Bertz CT molecular complexity index is 803. The van der Waals surface area contributed by atoms with E-state index in [1.54, 1.807) is 4.68 Å². The van der Waals surface area contributed by atoms with Gasteiger partial charge in [-0.15, -0.1) is 17.5 Å². The monoisotopic (exact) mass is 407 g/mol. The number of aromatic nitrogens is 5. The van der Waals surface area contributed by atoms with Crippen molar-refractivity contribution in [3.8, 4) is 0 Å². The van der Waals surface area contributed by atoms with Gasteiger partial charge in [-0.2, -0.15) is 5.10 Å². The molecule has 2 aromatic heterocycles. The van der Waals surface area contributed by atoms with Gasteiger partial charge in [0.1, 0.15) is 5.82 Å². The van der Waals surface area contributed by atoms with Gasteiger partial charge in [-0.3, -0.25) is 9.48 Å².